The number of anilines is 1. The Morgan fingerprint density at radius 3 is 2.20 bits per heavy atom. The fraction of sp³-hybridized carbons (Fsp3) is 0.618. The quantitative estimate of drug-likeness (QED) is 0.0621. The third-order valence-corrected chi connectivity index (χ3v) is 9.17. The summed E-state index contributed by atoms with van der Waals surface area (Å²) >= 11 is 1.17. The van der Waals surface area contributed by atoms with E-state index in [1.807, 2.05) is 19.1 Å². The number of hydrogen-bond acceptors (Lipinski definition) is 12. The van der Waals surface area contributed by atoms with Gasteiger partial charge >= 0.3 is 5.97 Å². The Kier molecular flexibility index (Phi) is 16.9. The van der Waals surface area contributed by atoms with Crippen molar-refractivity contribution in [3.8, 4) is 6.07 Å². The van der Waals surface area contributed by atoms with Crippen molar-refractivity contribution < 1.29 is 33.3 Å². The highest BCUT2D eigenvalue weighted by Crippen LogP contribution is 2.36. The Balaban J connectivity index is 1.21. The van der Waals surface area contributed by atoms with Crippen LogP contribution < -0.4 is 4.90 Å². The summed E-state index contributed by atoms with van der Waals surface area (Å²) in [6, 6.07) is 8.07. The van der Waals surface area contributed by atoms with E-state index in [1.165, 1.54) is 17.8 Å². The normalized spacial score (nSPS) is 16.4. The van der Waals surface area contributed by atoms with Gasteiger partial charge in [0.25, 0.3) is 0 Å². The summed E-state index contributed by atoms with van der Waals surface area (Å²) in [6.45, 7) is 13.6. The molecule has 2 unspecified atom stereocenters. The van der Waals surface area contributed by atoms with Gasteiger partial charge in [-0.1, -0.05) is 19.8 Å². The van der Waals surface area contributed by atoms with Crippen LogP contribution >= 0.6 is 11.3 Å². The van der Waals surface area contributed by atoms with E-state index < -0.39 is 0 Å². The van der Waals surface area contributed by atoms with Crippen molar-refractivity contribution in [3.63, 3.8) is 0 Å². The van der Waals surface area contributed by atoms with Crippen molar-refractivity contribution in [1.29, 1.82) is 5.26 Å². The van der Waals surface area contributed by atoms with Crippen LogP contribution in [0.4, 0.5) is 16.4 Å². The molecule has 0 spiro atoms. The van der Waals surface area contributed by atoms with Crippen molar-refractivity contribution >= 4 is 40.0 Å². The largest absolute Gasteiger partial charge is 0.463 e. The first-order valence-electron chi connectivity index (χ1n) is 16.1. The Morgan fingerprint density at radius 1 is 0.978 bits per heavy atom. The SMILES string of the molecule is CCN(CCOCCOCCOCCOCCOC(=O)C1CCCCC1C)c1ccc(N=Nc2sc(C=O)c(C)c2C#N)c(C)c1. The molecule has 252 valence electrons. The van der Waals surface area contributed by atoms with Gasteiger partial charge in [0.05, 0.1) is 74.9 Å². The molecule has 0 amide bonds. The first-order chi connectivity index (χ1) is 22.4. The highest BCUT2D eigenvalue weighted by molar-refractivity contribution is 7.17. The maximum atomic E-state index is 12.2. The fourth-order valence-electron chi connectivity index (χ4n) is 5.26. The van der Waals surface area contributed by atoms with Crippen LogP contribution in [0, 0.1) is 37.0 Å². The maximum absolute atomic E-state index is 12.2. The minimum Gasteiger partial charge on any atom is -0.463 e. The number of hydrogen-bond donors (Lipinski definition) is 0. The average Bonchev–Trinajstić information content (AvgIpc) is 3.37. The zero-order chi connectivity index (χ0) is 33.1. The van der Waals surface area contributed by atoms with Gasteiger partial charge in [0, 0.05) is 18.8 Å². The first-order valence-corrected chi connectivity index (χ1v) is 16.9. The Morgan fingerprint density at radius 2 is 1.61 bits per heavy atom. The predicted octanol–water partition coefficient (Wildman–Crippen LogP) is 6.73. The number of rotatable bonds is 21. The van der Waals surface area contributed by atoms with E-state index in [0.717, 1.165) is 49.9 Å². The molecule has 0 bridgehead atoms. The zero-order valence-corrected chi connectivity index (χ0v) is 28.4. The summed E-state index contributed by atoms with van der Waals surface area (Å²) in [6.07, 6.45) is 5.09. The van der Waals surface area contributed by atoms with E-state index >= 15 is 0 Å². The molecule has 3 rings (SSSR count). The lowest BCUT2D eigenvalue weighted by atomic mass is 9.80. The molecule has 0 radical (unpaired) electrons. The molecule has 1 aliphatic carbocycles. The molecule has 1 aliphatic rings. The lowest BCUT2D eigenvalue weighted by Gasteiger charge is -2.26. The van der Waals surface area contributed by atoms with E-state index in [0.29, 0.717) is 85.5 Å². The van der Waals surface area contributed by atoms with Gasteiger partial charge in [0.15, 0.2) is 11.3 Å². The van der Waals surface area contributed by atoms with Crippen molar-refractivity contribution in [2.24, 2.45) is 22.1 Å². The van der Waals surface area contributed by atoms with Crippen LogP contribution in [0.3, 0.4) is 0 Å². The molecular weight excluding hydrogens is 608 g/mol. The first kappa shape index (κ1) is 37.2. The van der Waals surface area contributed by atoms with Gasteiger partial charge in [0.2, 0.25) is 0 Å². The molecule has 2 atom stereocenters. The van der Waals surface area contributed by atoms with Gasteiger partial charge in [-0.25, -0.2) is 0 Å². The molecule has 0 saturated heterocycles. The molecule has 1 heterocycles. The number of azo groups is 1. The number of benzene rings is 1. The second kappa shape index (κ2) is 20.8. The van der Waals surface area contributed by atoms with Gasteiger partial charge < -0.3 is 28.6 Å². The third-order valence-electron chi connectivity index (χ3n) is 8.07. The average molecular weight is 657 g/mol. The molecule has 0 aliphatic heterocycles. The number of likely N-dealkylation sites (N-methyl/N-ethyl adjacent to an activating group) is 1. The van der Waals surface area contributed by atoms with Crippen LogP contribution in [0.5, 0.6) is 0 Å². The second-order valence-electron chi connectivity index (χ2n) is 11.2. The Bertz CT molecular complexity index is 1310. The Hall–Kier alpha value is -3.21. The molecule has 0 N–H and O–H groups in total. The van der Waals surface area contributed by atoms with Crippen molar-refractivity contribution in [1.82, 2.24) is 0 Å². The van der Waals surface area contributed by atoms with E-state index in [4.69, 9.17) is 23.7 Å². The van der Waals surface area contributed by atoms with Crippen LogP contribution in [-0.2, 0) is 28.5 Å². The van der Waals surface area contributed by atoms with Crippen molar-refractivity contribution in [2.75, 3.05) is 77.5 Å². The van der Waals surface area contributed by atoms with Crippen LogP contribution in [0.2, 0.25) is 0 Å². The summed E-state index contributed by atoms with van der Waals surface area (Å²) in [7, 11) is 0. The van der Waals surface area contributed by atoms with Crippen molar-refractivity contribution in [2.45, 2.75) is 53.4 Å². The molecule has 12 heteroatoms. The van der Waals surface area contributed by atoms with E-state index in [2.05, 4.69) is 41.1 Å². The number of carbonyl (C=O) groups excluding carboxylic acids is 2. The van der Waals surface area contributed by atoms with Gasteiger partial charge in [-0.3, -0.25) is 9.59 Å². The number of thiophene rings is 1. The minimum absolute atomic E-state index is 0.0381. The fourth-order valence-corrected chi connectivity index (χ4v) is 6.15. The standard InChI is InChI=1S/C34H48N4O7S/c1-5-38(28-10-11-31(26(3)22-28)36-37-33-30(23-35)27(4)32(24-39)46-33)12-13-41-14-15-42-16-17-43-18-19-44-20-21-45-34(40)29-9-7-6-8-25(29)2/h10-11,22,24-25,29H,5-9,12-21H2,1-4H3. The molecule has 1 saturated carbocycles. The zero-order valence-electron chi connectivity index (χ0n) is 27.6. The molecule has 2 aromatic rings. The van der Waals surface area contributed by atoms with Crippen LogP contribution in [0.25, 0.3) is 0 Å². The summed E-state index contributed by atoms with van der Waals surface area (Å²) in [5.41, 5.74) is 3.74. The highest BCUT2D eigenvalue weighted by atomic mass is 32.1. The molecule has 1 aromatic carbocycles. The summed E-state index contributed by atoms with van der Waals surface area (Å²) in [4.78, 5) is 26.1. The van der Waals surface area contributed by atoms with Gasteiger partial charge in [-0.15, -0.1) is 21.6 Å². The number of nitrogens with zero attached hydrogens (tertiary/aromatic N) is 4. The van der Waals surface area contributed by atoms with Crippen LogP contribution in [-0.4, -0.2) is 84.8 Å². The molecular formula is C34H48N4O7S. The monoisotopic (exact) mass is 656 g/mol. The number of esters is 1. The summed E-state index contributed by atoms with van der Waals surface area (Å²) in [5, 5.41) is 18.5. The topological polar surface area (TPSA) is 132 Å². The van der Waals surface area contributed by atoms with Gasteiger partial charge in [0.1, 0.15) is 12.7 Å². The van der Waals surface area contributed by atoms with Gasteiger partial charge in [-0.05, 0) is 68.9 Å². The smallest absolute Gasteiger partial charge is 0.309 e. The lowest BCUT2D eigenvalue weighted by Crippen LogP contribution is -2.28. The van der Waals surface area contributed by atoms with E-state index in [9.17, 15) is 14.9 Å². The van der Waals surface area contributed by atoms with Crippen LogP contribution in [0.15, 0.2) is 28.4 Å². The molecule has 11 nitrogen and oxygen atoms in total. The third kappa shape index (κ3) is 11.9. The van der Waals surface area contributed by atoms with Crippen LogP contribution in [0.1, 0.15) is 65.9 Å². The predicted molar refractivity (Wildman–Crippen MR) is 178 cm³/mol. The summed E-state index contributed by atoms with van der Waals surface area (Å²) in [5.74, 6) is 0.359. The summed E-state index contributed by atoms with van der Waals surface area (Å²) < 4.78 is 27.7. The number of aldehydes is 1. The van der Waals surface area contributed by atoms with Crippen molar-refractivity contribution in [3.05, 3.63) is 39.8 Å². The van der Waals surface area contributed by atoms with E-state index in [1.54, 1.807) is 6.92 Å². The number of ether oxygens (including phenoxy) is 5. The number of nitriles is 1. The molecule has 1 aromatic heterocycles. The number of carbonyl (C=O) groups is 2. The second-order valence-corrected chi connectivity index (χ2v) is 12.3. The van der Waals surface area contributed by atoms with E-state index in [-0.39, 0.29) is 18.5 Å². The van der Waals surface area contributed by atoms with Gasteiger partial charge in [-0.2, -0.15) is 5.26 Å². The Labute approximate surface area is 276 Å². The minimum atomic E-state index is -0.0871. The molecule has 46 heavy (non-hydrogen) atoms. The molecule has 1 fully saturated rings. The number of aryl methyl sites for hydroxylation is 1. The lowest BCUT2D eigenvalue weighted by molar-refractivity contribution is -0.153. The highest BCUT2D eigenvalue weighted by Gasteiger charge is 2.28. The maximum Gasteiger partial charge on any atom is 0.309 e.